The molecule has 1 aromatic heterocycles. The smallest absolute Gasteiger partial charge is 0.0960 e. The van der Waals surface area contributed by atoms with Crippen molar-refractivity contribution in [2.75, 3.05) is 0 Å². The molecule has 1 unspecified atom stereocenters. The second-order valence-electron chi connectivity index (χ2n) is 4.13. The molecule has 1 aromatic carbocycles. The van der Waals surface area contributed by atoms with Crippen LogP contribution in [0.25, 0.3) is 0 Å². The fourth-order valence-corrected chi connectivity index (χ4v) is 3.67. The fourth-order valence-electron chi connectivity index (χ4n) is 1.67. The number of thiazole rings is 1. The van der Waals surface area contributed by atoms with E-state index >= 15 is 0 Å². The zero-order valence-corrected chi connectivity index (χ0v) is 14.6. The van der Waals surface area contributed by atoms with Crippen LogP contribution < -0.4 is 0 Å². The number of nitrogens with zero attached hydrogens (tertiary/aromatic N) is 1. The van der Waals surface area contributed by atoms with Crippen molar-refractivity contribution in [1.82, 2.24) is 4.98 Å². The molecule has 0 aliphatic rings. The van der Waals surface area contributed by atoms with Gasteiger partial charge in [-0.1, -0.05) is 15.9 Å². The lowest BCUT2D eigenvalue weighted by Crippen LogP contribution is -2.03. The summed E-state index contributed by atoms with van der Waals surface area (Å²) in [5, 5.41) is 11.3. The van der Waals surface area contributed by atoms with Crippen LogP contribution in [-0.2, 0) is 6.42 Å². The van der Waals surface area contributed by atoms with Gasteiger partial charge in [0, 0.05) is 19.3 Å². The summed E-state index contributed by atoms with van der Waals surface area (Å²) in [6, 6.07) is 5.99. The second-order valence-corrected chi connectivity index (χ2v) is 7.52. The van der Waals surface area contributed by atoms with Crippen LogP contribution in [0.15, 0.2) is 22.7 Å². The van der Waals surface area contributed by atoms with Gasteiger partial charge in [-0.05, 0) is 60.2 Å². The van der Waals surface area contributed by atoms with Crippen LogP contribution in [0.3, 0.4) is 0 Å². The normalized spacial score (nSPS) is 12.7. The molecule has 2 rings (SSSR count). The van der Waals surface area contributed by atoms with Crippen molar-refractivity contribution in [2.24, 2.45) is 0 Å². The summed E-state index contributed by atoms with van der Waals surface area (Å²) in [7, 11) is 0. The number of aryl methyl sites for hydroxylation is 2. The van der Waals surface area contributed by atoms with Gasteiger partial charge in [-0.25, -0.2) is 4.98 Å². The van der Waals surface area contributed by atoms with E-state index in [4.69, 9.17) is 0 Å². The maximum absolute atomic E-state index is 10.3. The third-order valence-electron chi connectivity index (χ3n) is 2.76. The van der Waals surface area contributed by atoms with Crippen LogP contribution in [0.4, 0.5) is 0 Å². The lowest BCUT2D eigenvalue weighted by molar-refractivity contribution is 0.177. The maximum atomic E-state index is 10.3. The zero-order chi connectivity index (χ0) is 13.3. The summed E-state index contributed by atoms with van der Waals surface area (Å²) in [4.78, 5) is 5.69. The highest BCUT2D eigenvalue weighted by Crippen LogP contribution is 2.29. The molecule has 2 nitrogen and oxygen atoms in total. The quantitative estimate of drug-likeness (QED) is 0.721. The van der Waals surface area contributed by atoms with Crippen LogP contribution in [0.5, 0.6) is 0 Å². The number of aliphatic hydroxyl groups excluding tert-OH is 1. The summed E-state index contributed by atoms with van der Waals surface area (Å²) in [5.41, 5.74) is 1.98. The van der Waals surface area contributed by atoms with Gasteiger partial charge in [-0.15, -0.1) is 11.3 Å². The Morgan fingerprint density at radius 1 is 1.44 bits per heavy atom. The Kier molecular flexibility index (Phi) is 4.80. The zero-order valence-electron chi connectivity index (χ0n) is 10.1. The number of hydrogen-bond donors (Lipinski definition) is 1. The largest absolute Gasteiger partial charge is 0.388 e. The van der Waals surface area contributed by atoms with Crippen LogP contribution in [-0.4, -0.2) is 10.1 Å². The minimum Gasteiger partial charge on any atom is -0.388 e. The summed E-state index contributed by atoms with van der Waals surface area (Å²) in [6.45, 7) is 4.06. The standard InChI is InChI=1S/C13H13BrINOS/c1-7-8(2)18-13(16-7)6-12(17)10-5-9(15)3-4-11(10)14/h3-5,12,17H,6H2,1-2H3. The molecule has 0 aliphatic carbocycles. The van der Waals surface area contributed by atoms with Gasteiger partial charge >= 0.3 is 0 Å². The van der Waals surface area contributed by atoms with E-state index in [0.717, 1.165) is 24.3 Å². The predicted octanol–water partition coefficient (Wildman–Crippen LogP) is 4.40. The Balaban J connectivity index is 2.21. The third-order valence-corrected chi connectivity index (χ3v) is 5.25. The molecule has 0 aliphatic heterocycles. The first-order chi connectivity index (χ1) is 8.47. The van der Waals surface area contributed by atoms with Gasteiger partial charge < -0.3 is 5.11 Å². The van der Waals surface area contributed by atoms with E-state index in [9.17, 15) is 5.11 Å². The minimum atomic E-state index is -0.515. The molecule has 18 heavy (non-hydrogen) atoms. The fraction of sp³-hybridized carbons (Fsp3) is 0.308. The number of rotatable bonds is 3. The number of aromatic nitrogens is 1. The SMILES string of the molecule is Cc1nc(CC(O)c2cc(I)ccc2Br)sc1C. The molecule has 1 N–H and O–H groups in total. The molecule has 0 fully saturated rings. The first-order valence-corrected chi connectivity index (χ1v) is 8.22. The first kappa shape index (κ1) is 14.4. The molecule has 0 bridgehead atoms. The second kappa shape index (κ2) is 5.98. The minimum absolute atomic E-state index is 0.515. The van der Waals surface area contributed by atoms with Gasteiger partial charge in [0.2, 0.25) is 0 Å². The van der Waals surface area contributed by atoms with Crippen LogP contribution in [0, 0.1) is 17.4 Å². The molecule has 1 heterocycles. The van der Waals surface area contributed by atoms with E-state index in [-0.39, 0.29) is 0 Å². The highest BCUT2D eigenvalue weighted by atomic mass is 127. The topological polar surface area (TPSA) is 33.1 Å². The average molecular weight is 438 g/mol. The van der Waals surface area contributed by atoms with E-state index in [2.05, 4.69) is 50.4 Å². The third kappa shape index (κ3) is 3.31. The lowest BCUT2D eigenvalue weighted by Gasteiger charge is -2.11. The van der Waals surface area contributed by atoms with Gasteiger partial charge in [0.05, 0.1) is 16.8 Å². The summed E-state index contributed by atoms with van der Waals surface area (Å²) in [6.07, 6.45) is 0.0527. The molecule has 0 spiro atoms. The van der Waals surface area contributed by atoms with E-state index in [1.54, 1.807) is 11.3 Å². The van der Waals surface area contributed by atoms with Gasteiger partial charge in [-0.3, -0.25) is 0 Å². The van der Waals surface area contributed by atoms with Crippen molar-refractivity contribution < 1.29 is 5.11 Å². The Labute approximate surface area is 133 Å². The number of halogens is 2. The van der Waals surface area contributed by atoms with Gasteiger partial charge in [-0.2, -0.15) is 0 Å². The number of benzene rings is 1. The highest BCUT2D eigenvalue weighted by molar-refractivity contribution is 14.1. The lowest BCUT2D eigenvalue weighted by atomic mass is 10.1. The summed E-state index contributed by atoms with van der Waals surface area (Å²) in [5.74, 6) is 0. The Morgan fingerprint density at radius 2 is 2.17 bits per heavy atom. The molecule has 0 amide bonds. The van der Waals surface area contributed by atoms with Gasteiger partial charge in [0.25, 0.3) is 0 Å². The van der Waals surface area contributed by atoms with Crippen molar-refractivity contribution in [3.63, 3.8) is 0 Å². The maximum Gasteiger partial charge on any atom is 0.0960 e. The molecule has 96 valence electrons. The van der Waals surface area contributed by atoms with E-state index in [1.165, 1.54) is 4.88 Å². The monoisotopic (exact) mass is 437 g/mol. The highest BCUT2D eigenvalue weighted by Gasteiger charge is 2.15. The molecule has 5 heteroatoms. The Bertz CT molecular complexity index is 551. The van der Waals surface area contributed by atoms with E-state index in [0.29, 0.717) is 6.42 Å². The van der Waals surface area contributed by atoms with Crippen molar-refractivity contribution in [2.45, 2.75) is 26.4 Å². The average Bonchev–Trinajstić information content (AvgIpc) is 2.61. The Morgan fingerprint density at radius 3 is 2.78 bits per heavy atom. The van der Waals surface area contributed by atoms with Crippen molar-refractivity contribution >= 4 is 49.9 Å². The molecule has 0 saturated carbocycles. The molecular formula is C13H13BrINOS. The van der Waals surface area contributed by atoms with E-state index in [1.807, 2.05) is 25.1 Å². The van der Waals surface area contributed by atoms with E-state index < -0.39 is 6.10 Å². The molecule has 2 aromatic rings. The first-order valence-electron chi connectivity index (χ1n) is 5.53. The van der Waals surface area contributed by atoms with Crippen LogP contribution >= 0.6 is 49.9 Å². The molecule has 0 saturated heterocycles. The molecule has 0 radical (unpaired) electrons. The summed E-state index contributed by atoms with van der Waals surface area (Å²) < 4.78 is 2.07. The van der Waals surface area contributed by atoms with Crippen molar-refractivity contribution in [3.05, 3.63) is 47.4 Å². The van der Waals surface area contributed by atoms with Gasteiger partial charge in [0.15, 0.2) is 0 Å². The number of hydrogen-bond acceptors (Lipinski definition) is 3. The number of aliphatic hydroxyl groups is 1. The van der Waals surface area contributed by atoms with Gasteiger partial charge in [0.1, 0.15) is 0 Å². The molecular weight excluding hydrogens is 425 g/mol. The summed E-state index contributed by atoms with van der Waals surface area (Å²) >= 11 is 7.39. The van der Waals surface area contributed by atoms with Crippen LogP contribution in [0.2, 0.25) is 0 Å². The Hall–Kier alpha value is 0.0200. The molecule has 1 atom stereocenters. The van der Waals surface area contributed by atoms with Crippen molar-refractivity contribution in [1.29, 1.82) is 0 Å². The van der Waals surface area contributed by atoms with Crippen molar-refractivity contribution in [3.8, 4) is 0 Å². The predicted molar refractivity (Wildman–Crippen MR) is 87.1 cm³/mol. The van der Waals surface area contributed by atoms with Crippen LogP contribution in [0.1, 0.15) is 27.2 Å².